The molecule has 27 heavy (non-hydrogen) atoms. The van der Waals surface area contributed by atoms with Crippen molar-refractivity contribution in [3.63, 3.8) is 0 Å². The van der Waals surface area contributed by atoms with Gasteiger partial charge in [0.2, 0.25) is 0 Å². The van der Waals surface area contributed by atoms with E-state index in [1.54, 1.807) is 42.5 Å². The van der Waals surface area contributed by atoms with Crippen molar-refractivity contribution >= 4 is 35.1 Å². The van der Waals surface area contributed by atoms with Gasteiger partial charge in [0.05, 0.1) is 0 Å². The Hall–Kier alpha value is -2.72. The molecule has 6 nitrogen and oxygen atoms in total. The van der Waals surface area contributed by atoms with Crippen LogP contribution in [0.25, 0.3) is 0 Å². The second kappa shape index (κ2) is 9.28. The average Bonchev–Trinajstić information content (AvgIpc) is 2.64. The number of amides is 3. The van der Waals surface area contributed by atoms with Gasteiger partial charge in [-0.1, -0.05) is 47.2 Å². The number of hydrogen-bond acceptors (Lipinski definition) is 3. The largest absolute Gasteiger partial charge is 0.350 e. The van der Waals surface area contributed by atoms with Crippen molar-refractivity contribution < 1.29 is 14.8 Å². The molecule has 2 aromatic carbocycles. The molecule has 1 unspecified atom stereocenters. The summed E-state index contributed by atoms with van der Waals surface area (Å²) in [5.74, 6) is 5.18. The highest BCUT2D eigenvalue weighted by atomic mass is 35.5. The maximum Gasteiger partial charge on any atom is 0.339 e. The Morgan fingerprint density at radius 3 is 2.67 bits per heavy atom. The normalized spacial score (nSPS) is 11.1. The van der Waals surface area contributed by atoms with Crippen LogP contribution in [0.3, 0.4) is 0 Å². The van der Waals surface area contributed by atoms with Crippen molar-refractivity contribution in [2.75, 3.05) is 0 Å². The number of carbonyl (C=O) groups is 2. The van der Waals surface area contributed by atoms with Crippen LogP contribution in [0.5, 0.6) is 0 Å². The Bertz CT molecular complexity index is 922. The average molecular weight is 406 g/mol. The molecule has 1 atom stereocenters. The van der Waals surface area contributed by atoms with Gasteiger partial charge in [0, 0.05) is 27.7 Å². The van der Waals surface area contributed by atoms with Crippen LogP contribution in [0.2, 0.25) is 10.0 Å². The first-order chi connectivity index (χ1) is 12.8. The predicted molar refractivity (Wildman–Crippen MR) is 104 cm³/mol. The van der Waals surface area contributed by atoms with Crippen LogP contribution in [0.1, 0.15) is 28.4 Å². The standard InChI is InChI=1S/C19H17Cl2N3O3/c1-12(24(27)19(22)26)5-6-13-3-2-4-14(9-13)18(25)23-11-15-7-8-16(20)10-17(15)21/h2-4,7-10,12,27H,11H2,1H3,(H2,22,26)(H,23,25). The predicted octanol–water partition coefficient (Wildman–Crippen LogP) is 3.43. The summed E-state index contributed by atoms with van der Waals surface area (Å²) in [7, 11) is 0. The summed E-state index contributed by atoms with van der Waals surface area (Å²) in [4.78, 5) is 23.2. The number of rotatable bonds is 4. The fourth-order valence-corrected chi connectivity index (χ4v) is 2.60. The van der Waals surface area contributed by atoms with Crippen molar-refractivity contribution in [3.8, 4) is 11.8 Å². The molecule has 0 saturated carbocycles. The van der Waals surface area contributed by atoms with Gasteiger partial charge in [-0.25, -0.2) is 4.79 Å². The zero-order valence-electron chi connectivity index (χ0n) is 14.4. The number of hydroxylamine groups is 2. The van der Waals surface area contributed by atoms with Gasteiger partial charge >= 0.3 is 6.03 Å². The number of nitrogens with zero attached hydrogens (tertiary/aromatic N) is 1. The molecule has 0 aliphatic heterocycles. The third-order valence-corrected chi connectivity index (χ3v) is 4.18. The fraction of sp³-hybridized carbons (Fsp3) is 0.158. The molecule has 0 heterocycles. The van der Waals surface area contributed by atoms with Crippen molar-refractivity contribution in [2.45, 2.75) is 19.5 Å². The number of benzene rings is 2. The zero-order chi connectivity index (χ0) is 20.0. The Morgan fingerprint density at radius 2 is 2.00 bits per heavy atom. The second-order valence-corrected chi connectivity index (χ2v) is 6.47. The van der Waals surface area contributed by atoms with Gasteiger partial charge in [-0.3, -0.25) is 10.0 Å². The molecule has 0 aromatic heterocycles. The first-order valence-electron chi connectivity index (χ1n) is 7.89. The Labute approximate surface area is 166 Å². The topological polar surface area (TPSA) is 95.7 Å². The molecular weight excluding hydrogens is 389 g/mol. The molecule has 4 N–H and O–H groups in total. The van der Waals surface area contributed by atoms with Crippen LogP contribution in [0, 0.1) is 11.8 Å². The van der Waals surface area contributed by atoms with Gasteiger partial charge < -0.3 is 11.1 Å². The monoisotopic (exact) mass is 405 g/mol. The van der Waals surface area contributed by atoms with Gasteiger partial charge in [0.1, 0.15) is 6.04 Å². The van der Waals surface area contributed by atoms with E-state index in [1.165, 1.54) is 6.92 Å². The number of hydrogen-bond donors (Lipinski definition) is 3. The van der Waals surface area contributed by atoms with E-state index in [0.29, 0.717) is 26.2 Å². The highest BCUT2D eigenvalue weighted by molar-refractivity contribution is 6.35. The van der Waals surface area contributed by atoms with Crippen molar-refractivity contribution in [2.24, 2.45) is 5.73 Å². The van der Waals surface area contributed by atoms with Gasteiger partial charge in [0.15, 0.2) is 0 Å². The SMILES string of the molecule is CC(C#Cc1cccc(C(=O)NCc2ccc(Cl)cc2Cl)c1)N(O)C(N)=O. The highest BCUT2D eigenvalue weighted by Crippen LogP contribution is 2.20. The van der Waals surface area contributed by atoms with E-state index in [-0.39, 0.29) is 12.5 Å². The minimum Gasteiger partial charge on any atom is -0.350 e. The third-order valence-electron chi connectivity index (χ3n) is 3.60. The van der Waals surface area contributed by atoms with Crippen LogP contribution >= 0.6 is 23.2 Å². The van der Waals surface area contributed by atoms with Crippen molar-refractivity contribution in [3.05, 3.63) is 69.2 Å². The number of primary amides is 1. The molecule has 2 aromatic rings. The number of urea groups is 1. The number of halogens is 2. The molecule has 8 heteroatoms. The van der Waals surface area contributed by atoms with Gasteiger partial charge in [-0.2, -0.15) is 5.06 Å². The molecular formula is C19H17Cl2N3O3. The maximum absolute atomic E-state index is 12.3. The Morgan fingerprint density at radius 1 is 1.26 bits per heavy atom. The summed E-state index contributed by atoms with van der Waals surface area (Å²) in [6, 6.07) is 9.91. The van der Waals surface area contributed by atoms with E-state index < -0.39 is 12.1 Å². The van der Waals surface area contributed by atoms with E-state index in [0.717, 1.165) is 5.56 Å². The van der Waals surface area contributed by atoms with Crippen molar-refractivity contribution in [1.82, 2.24) is 10.4 Å². The van der Waals surface area contributed by atoms with E-state index in [4.69, 9.17) is 28.9 Å². The number of nitrogens with two attached hydrogens (primary N) is 1. The summed E-state index contributed by atoms with van der Waals surface area (Å²) in [5, 5.41) is 13.5. The molecule has 0 fully saturated rings. The summed E-state index contributed by atoms with van der Waals surface area (Å²) in [5.41, 5.74) is 6.68. The van der Waals surface area contributed by atoms with Crippen LogP contribution in [-0.2, 0) is 6.54 Å². The lowest BCUT2D eigenvalue weighted by Gasteiger charge is -2.14. The summed E-state index contributed by atoms with van der Waals surface area (Å²) in [6.07, 6.45) is 0. The van der Waals surface area contributed by atoms with E-state index in [9.17, 15) is 14.8 Å². The minimum atomic E-state index is -0.995. The van der Waals surface area contributed by atoms with Crippen LogP contribution in [-0.4, -0.2) is 28.3 Å². The Balaban J connectivity index is 2.06. The van der Waals surface area contributed by atoms with E-state index in [2.05, 4.69) is 17.2 Å². The molecule has 2 rings (SSSR count). The first-order valence-corrected chi connectivity index (χ1v) is 8.65. The van der Waals surface area contributed by atoms with E-state index in [1.807, 2.05) is 0 Å². The Kier molecular flexibility index (Phi) is 7.08. The van der Waals surface area contributed by atoms with E-state index >= 15 is 0 Å². The quantitative estimate of drug-likeness (QED) is 0.412. The van der Waals surface area contributed by atoms with Gasteiger partial charge in [-0.05, 0) is 42.8 Å². The molecule has 0 aliphatic carbocycles. The molecule has 0 radical (unpaired) electrons. The number of nitrogens with one attached hydrogen (secondary N) is 1. The van der Waals surface area contributed by atoms with Crippen LogP contribution < -0.4 is 11.1 Å². The first kappa shape index (κ1) is 20.6. The summed E-state index contributed by atoms with van der Waals surface area (Å²) >= 11 is 11.9. The lowest BCUT2D eigenvalue weighted by Crippen LogP contribution is -2.38. The molecule has 140 valence electrons. The zero-order valence-corrected chi connectivity index (χ0v) is 15.9. The second-order valence-electron chi connectivity index (χ2n) is 5.63. The summed E-state index contributed by atoms with van der Waals surface area (Å²) < 4.78 is 0. The molecule has 0 spiro atoms. The van der Waals surface area contributed by atoms with Crippen LogP contribution in [0.4, 0.5) is 4.79 Å². The van der Waals surface area contributed by atoms with Gasteiger partial charge in [-0.15, -0.1) is 0 Å². The molecule has 0 saturated heterocycles. The van der Waals surface area contributed by atoms with Gasteiger partial charge in [0.25, 0.3) is 5.91 Å². The maximum atomic E-state index is 12.3. The smallest absolute Gasteiger partial charge is 0.339 e. The van der Waals surface area contributed by atoms with Crippen LogP contribution in [0.15, 0.2) is 42.5 Å². The molecule has 0 aliphatic rings. The minimum absolute atomic E-state index is 0.250. The third kappa shape index (κ3) is 5.90. The summed E-state index contributed by atoms with van der Waals surface area (Å²) in [6.45, 7) is 1.77. The number of carbonyl (C=O) groups excluding carboxylic acids is 2. The lowest BCUT2D eigenvalue weighted by atomic mass is 10.1. The lowest BCUT2D eigenvalue weighted by molar-refractivity contribution is -0.0536. The highest BCUT2D eigenvalue weighted by Gasteiger charge is 2.12. The fourth-order valence-electron chi connectivity index (χ4n) is 2.12. The van der Waals surface area contributed by atoms with Crippen molar-refractivity contribution in [1.29, 1.82) is 0 Å². The molecule has 3 amide bonds. The molecule has 0 bridgehead atoms.